The number of fused-ring (bicyclic) bond motifs is 1. The predicted octanol–water partition coefficient (Wildman–Crippen LogP) is 4.58. The van der Waals surface area contributed by atoms with Gasteiger partial charge in [-0.3, -0.25) is 9.69 Å². The molecule has 9 heteroatoms. The van der Waals surface area contributed by atoms with Crippen LogP contribution in [0.25, 0.3) is 0 Å². The van der Waals surface area contributed by atoms with Crippen LogP contribution in [-0.2, 0) is 21.2 Å². The van der Waals surface area contributed by atoms with Gasteiger partial charge in [-0.2, -0.15) is 4.31 Å². The Kier molecular flexibility index (Phi) is 7.51. The summed E-state index contributed by atoms with van der Waals surface area (Å²) >= 11 is 7.72. The van der Waals surface area contributed by atoms with Crippen LogP contribution in [-0.4, -0.2) is 67.7 Å². The molecule has 0 saturated carbocycles. The predicted molar refractivity (Wildman–Crippen MR) is 144 cm³/mol. The smallest absolute Gasteiger partial charge is 0.243 e. The van der Waals surface area contributed by atoms with E-state index in [2.05, 4.69) is 47.5 Å². The first-order valence-electron chi connectivity index (χ1n) is 12.2. The summed E-state index contributed by atoms with van der Waals surface area (Å²) in [4.78, 5) is 19.0. The lowest BCUT2D eigenvalue weighted by Gasteiger charge is -2.38. The summed E-state index contributed by atoms with van der Waals surface area (Å²) in [5.74, 6) is 0.0817. The van der Waals surface area contributed by atoms with E-state index in [1.165, 1.54) is 38.0 Å². The Morgan fingerprint density at radius 3 is 2.42 bits per heavy atom. The highest BCUT2D eigenvalue weighted by atomic mass is 35.5. The Balaban J connectivity index is 1.22. The van der Waals surface area contributed by atoms with E-state index in [1.807, 2.05) is 11.3 Å². The van der Waals surface area contributed by atoms with Crippen LogP contribution in [0.15, 0.2) is 64.9 Å². The molecule has 2 aliphatic heterocycles. The van der Waals surface area contributed by atoms with Crippen molar-refractivity contribution >= 4 is 38.9 Å². The lowest BCUT2D eigenvalue weighted by atomic mass is 9.90. The van der Waals surface area contributed by atoms with Gasteiger partial charge in [0.1, 0.15) is 0 Å². The van der Waals surface area contributed by atoms with Gasteiger partial charge in [0, 0.05) is 55.6 Å². The molecule has 0 radical (unpaired) electrons. The average Bonchev–Trinajstić information content (AvgIpc) is 3.37. The molecule has 1 fully saturated rings. The number of benzene rings is 2. The Morgan fingerprint density at radius 1 is 0.972 bits per heavy atom. The van der Waals surface area contributed by atoms with Gasteiger partial charge in [0.2, 0.25) is 15.9 Å². The van der Waals surface area contributed by atoms with Gasteiger partial charge in [-0.25, -0.2) is 8.42 Å². The molecule has 36 heavy (non-hydrogen) atoms. The molecule has 6 nitrogen and oxygen atoms in total. The van der Waals surface area contributed by atoms with E-state index in [4.69, 9.17) is 11.6 Å². The number of hydrogen-bond acceptors (Lipinski definition) is 5. The maximum atomic E-state index is 13.1. The quantitative estimate of drug-likeness (QED) is 0.456. The van der Waals surface area contributed by atoms with Gasteiger partial charge in [0.15, 0.2) is 0 Å². The summed E-state index contributed by atoms with van der Waals surface area (Å²) in [6, 6.07) is 17.1. The van der Waals surface area contributed by atoms with Gasteiger partial charge in [-0.15, -0.1) is 11.3 Å². The van der Waals surface area contributed by atoms with Crippen LogP contribution >= 0.6 is 22.9 Å². The van der Waals surface area contributed by atoms with Crippen LogP contribution in [0, 0.1) is 6.92 Å². The molecule has 0 bridgehead atoms. The fourth-order valence-electron chi connectivity index (χ4n) is 5.20. The number of carbonyl (C=O) groups excluding carboxylic acids is 1. The second kappa shape index (κ2) is 10.6. The number of nitrogens with zero attached hydrogens (tertiary/aromatic N) is 3. The van der Waals surface area contributed by atoms with E-state index in [0.29, 0.717) is 44.2 Å². The number of aryl methyl sites for hydroxylation is 1. The summed E-state index contributed by atoms with van der Waals surface area (Å²) in [5.41, 5.74) is 3.91. The van der Waals surface area contributed by atoms with Crippen molar-refractivity contribution in [2.75, 3.05) is 39.3 Å². The zero-order chi connectivity index (χ0) is 25.3. The molecule has 3 aromatic rings. The Hall–Kier alpha value is -2.23. The highest BCUT2D eigenvalue weighted by Crippen LogP contribution is 2.38. The minimum Gasteiger partial charge on any atom is -0.340 e. The van der Waals surface area contributed by atoms with Crippen LogP contribution in [0.2, 0.25) is 5.02 Å². The fraction of sp³-hybridized carbons (Fsp3) is 0.370. The first-order chi connectivity index (χ1) is 17.3. The van der Waals surface area contributed by atoms with Gasteiger partial charge < -0.3 is 4.90 Å². The van der Waals surface area contributed by atoms with Crippen LogP contribution in [0.5, 0.6) is 0 Å². The molecule has 3 heterocycles. The summed E-state index contributed by atoms with van der Waals surface area (Å²) < 4.78 is 27.4. The zero-order valence-electron chi connectivity index (χ0n) is 20.3. The molecule has 1 amide bonds. The first kappa shape index (κ1) is 25.4. The van der Waals surface area contributed by atoms with Crippen molar-refractivity contribution in [1.29, 1.82) is 0 Å². The molecule has 2 aliphatic rings. The molecule has 1 saturated heterocycles. The molecule has 0 spiro atoms. The SMILES string of the molecule is Cc1ccccc1C1c2ccsc2CCN1CCC(=O)N1CCN(S(=O)(=O)c2ccc(Cl)cc2)CC1. The van der Waals surface area contributed by atoms with Gasteiger partial charge in [-0.1, -0.05) is 35.9 Å². The fourth-order valence-corrected chi connectivity index (χ4v) is 7.65. The Labute approximate surface area is 222 Å². The molecule has 1 aromatic heterocycles. The van der Waals surface area contributed by atoms with Crippen LogP contribution in [0.1, 0.15) is 34.0 Å². The molecular weight excluding hydrogens is 514 g/mol. The maximum absolute atomic E-state index is 13.1. The maximum Gasteiger partial charge on any atom is 0.243 e. The van der Waals surface area contributed by atoms with Gasteiger partial charge in [0.25, 0.3) is 0 Å². The number of piperazine rings is 1. The molecule has 0 N–H and O–H groups in total. The van der Waals surface area contributed by atoms with Crippen molar-refractivity contribution in [1.82, 2.24) is 14.1 Å². The Bertz CT molecular complexity index is 1330. The first-order valence-corrected chi connectivity index (χ1v) is 14.9. The number of sulfonamides is 1. The van der Waals surface area contributed by atoms with Gasteiger partial charge in [0.05, 0.1) is 10.9 Å². The summed E-state index contributed by atoms with van der Waals surface area (Å²) in [6.45, 7) is 5.15. The molecular formula is C27H30ClN3O3S2. The molecule has 1 unspecified atom stereocenters. The van der Waals surface area contributed by atoms with Crippen molar-refractivity contribution in [2.24, 2.45) is 0 Å². The third-order valence-electron chi connectivity index (χ3n) is 7.20. The van der Waals surface area contributed by atoms with E-state index in [-0.39, 0.29) is 16.8 Å². The van der Waals surface area contributed by atoms with Crippen molar-refractivity contribution in [3.05, 3.63) is 86.6 Å². The number of thiophene rings is 1. The third-order valence-corrected chi connectivity index (χ3v) is 10.4. The summed E-state index contributed by atoms with van der Waals surface area (Å²) in [6.07, 6.45) is 1.43. The lowest BCUT2D eigenvalue weighted by Crippen LogP contribution is -2.51. The van der Waals surface area contributed by atoms with E-state index < -0.39 is 10.0 Å². The summed E-state index contributed by atoms with van der Waals surface area (Å²) in [5, 5.41) is 2.67. The average molecular weight is 544 g/mol. The van der Waals surface area contributed by atoms with Crippen molar-refractivity contribution < 1.29 is 13.2 Å². The summed E-state index contributed by atoms with van der Waals surface area (Å²) in [7, 11) is -3.59. The Morgan fingerprint density at radius 2 is 1.69 bits per heavy atom. The van der Waals surface area contributed by atoms with Crippen LogP contribution in [0.3, 0.4) is 0 Å². The number of hydrogen-bond donors (Lipinski definition) is 0. The molecule has 5 rings (SSSR count). The number of halogens is 1. The van der Waals surface area contributed by atoms with E-state index in [9.17, 15) is 13.2 Å². The minimum atomic E-state index is -3.59. The van der Waals surface area contributed by atoms with Gasteiger partial charge in [-0.05, 0) is 65.7 Å². The van der Waals surface area contributed by atoms with E-state index >= 15 is 0 Å². The zero-order valence-corrected chi connectivity index (χ0v) is 22.7. The highest BCUT2D eigenvalue weighted by Gasteiger charge is 2.33. The van der Waals surface area contributed by atoms with Crippen molar-refractivity contribution in [2.45, 2.75) is 30.7 Å². The highest BCUT2D eigenvalue weighted by molar-refractivity contribution is 7.89. The second-order valence-corrected chi connectivity index (χ2v) is 12.7. The standard InChI is InChI=1S/C27H30ClN3O3S2/c1-20-4-2-3-5-23(20)27-24-12-19-35-25(24)10-13-30(27)14-11-26(32)29-15-17-31(18-16-29)36(33,34)22-8-6-21(28)7-9-22/h2-9,12,19,27H,10-11,13-18H2,1H3. The van der Waals surface area contributed by atoms with E-state index in [1.54, 1.807) is 17.0 Å². The normalized spacial score (nSPS) is 19.3. The second-order valence-electron chi connectivity index (χ2n) is 9.33. The van der Waals surface area contributed by atoms with E-state index in [0.717, 1.165) is 13.0 Å². The van der Waals surface area contributed by atoms with Crippen molar-refractivity contribution in [3.63, 3.8) is 0 Å². The largest absolute Gasteiger partial charge is 0.340 e. The van der Waals surface area contributed by atoms with Gasteiger partial charge >= 0.3 is 0 Å². The molecule has 0 aliphatic carbocycles. The molecule has 190 valence electrons. The van der Waals surface area contributed by atoms with Crippen LogP contribution < -0.4 is 0 Å². The lowest BCUT2D eigenvalue weighted by molar-refractivity contribution is -0.132. The minimum absolute atomic E-state index is 0.0817. The number of carbonyl (C=O) groups is 1. The molecule has 2 aromatic carbocycles. The monoisotopic (exact) mass is 543 g/mol. The molecule has 1 atom stereocenters. The van der Waals surface area contributed by atoms with Crippen LogP contribution in [0.4, 0.5) is 0 Å². The number of rotatable bonds is 6. The van der Waals surface area contributed by atoms with Crippen molar-refractivity contribution in [3.8, 4) is 0 Å². The third kappa shape index (κ3) is 5.10. The number of amides is 1. The topological polar surface area (TPSA) is 60.9 Å².